The van der Waals surface area contributed by atoms with E-state index in [9.17, 15) is 5.11 Å². The van der Waals surface area contributed by atoms with Gasteiger partial charge in [0.1, 0.15) is 5.75 Å². The van der Waals surface area contributed by atoms with Crippen LogP contribution in [0, 0.1) is 0 Å². The van der Waals surface area contributed by atoms with E-state index in [1.165, 1.54) is 32.7 Å². The predicted molar refractivity (Wildman–Crippen MR) is 212 cm³/mol. The van der Waals surface area contributed by atoms with Crippen LogP contribution in [0.15, 0.2) is 152 Å². The van der Waals surface area contributed by atoms with Gasteiger partial charge in [0.15, 0.2) is 0 Å². The molecule has 51 heavy (non-hydrogen) atoms. The maximum atomic E-state index is 10.5. The number of nitrogens with zero attached hydrogens (tertiary/aromatic N) is 3. The highest BCUT2D eigenvalue weighted by Crippen LogP contribution is 2.44. The molecule has 4 heteroatoms. The molecule has 0 saturated carbocycles. The average Bonchev–Trinajstić information content (AvgIpc) is 3.16. The van der Waals surface area contributed by atoms with E-state index >= 15 is 0 Å². The number of rotatable bonds is 4. The van der Waals surface area contributed by atoms with Crippen LogP contribution in [0.4, 0.5) is 0 Å². The molecule has 244 valence electrons. The van der Waals surface area contributed by atoms with Crippen molar-refractivity contribution in [1.29, 1.82) is 0 Å². The molecule has 0 saturated heterocycles. The molecule has 9 rings (SSSR count). The van der Waals surface area contributed by atoms with Gasteiger partial charge in [-0.2, -0.15) is 0 Å². The number of hydrogen-bond acceptors (Lipinski definition) is 4. The quantitative estimate of drug-likeness (QED) is 0.151. The summed E-state index contributed by atoms with van der Waals surface area (Å²) in [5.74, 6) is 0.208. The minimum Gasteiger partial charge on any atom is -0.507 e. The molecule has 9 aromatic rings. The Bertz CT molecular complexity index is 2740. The van der Waals surface area contributed by atoms with E-state index in [-0.39, 0.29) is 11.2 Å². The Hall–Kier alpha value is -6.39. The highest BCUT2D eigenvalue weighted by atomic mass is 16.3. The highest BCUT2D eigenvalue weighted by Gasteiger charge is 2.20. The summed E-state index contributed by atoms with van der Waals surface area (Å²) in [4.78, 5) is 15.4. The van der Waals surface area contributed by atoms with Gasteiger partial charge in [-0.05, 0) is 69.1 Å². The van der Waals surface area contributed by atoms with Crippen LogP contribution < -0.4 is 0 Å². The van der Waals surface area contributed by atoms with Crippen molar-refractivity contribution in [3.05, 3.63) is 157 Å². The normalized spacial score (nSPS) is 11.9. The number of para-hydroxylation sites is 1. The molecule has 3 heterocycles. The van der Waals surface area contributed by atoms with Gasteiger partial charge in [0, 0.05) is 38.6 Å². The first-order chi connectivity index (χ1) is 24.8. The summed E-state index contributed by atoms with van der Waals surface area (Å²) in [6, 6.07) is 52.2. The molecule has 0 atom stereocenters. The zero-order chi connectivity index (χ0) is 34.7. The predicted octanol–water partition coefficient (Wildman–Crippen LogP) is 12.2. The third-order valence-electron chi connectivity index (χ3n) is 9.87. The standard InChI is InChI=1S/C47H35N3O/c1-47(2,3)42-18-10-16-40(48-42)44-35-13-6-4-11-33(35)43(34-12-5-7-14-36(34)44)30-21-19-29(20-22-30)38-27-25-31-23-24-32-26-28-39(50-46(32)45(31)49-38)37-15-8-9-17-41(37)51/h4-28,51H,1-3H3. The molecule has 6 aromatic carbocycles. The van der Waals surface area contributed by atoms with Crippen molar-refractivity contribution in [2.75, 3.05) is 0 Å². The molecule has 0 aliphatic carbocycles. The van der Waals surface area contributed by atoms with E-state index in [4.69, 9.17) is 15.0 Å². The first kappa shape index (κ1) is 30.7. The van der Waals surface area contributed by atoms with E-state index in [0.717, 1.165) is 50.0 Å². The minimum atomic E-state index is -0.0537. The third-order valence-corrected chi connectivity index (χ3v) is 9.87. The van der Waals surface area contributed by atoms with Gasteiger partial charge in [-0.25, -0.2) is 9.97 Å². The fourth-order valence-electron chi connectivity index (χ4n) is 7.28. The fraction of sp³-hybridized carbons (Fsp3) is 0.0851. The summed E-state index contributed by atoms with van der Waals surface area (Å²) >= 11 is 0. The monoisotopic (exact) mass is 657 g/mol. The van der Waals surface area contributed by atoms with E-state index in [0.29, 0.717) is 11.3 Å². The van der Waals surface area contributed by atoms with Crippen LogP contribution in [0.2, 0.25) is 0 Å². The van der Waals surface area contributed by atoms with Crippen molar-refractivity contribution in [3.63, 3.8) is 0 Å². The molecule has 0 amide bonds. The first-order valence-electron chi connectivity index (χ1n) is 17.3. The molecule has 0 aliphatic heterocycles. The minimum absolute atomic E-state index is 0.0537. The molecule has 0 radical (unpaired) electrons. The molecule has 0 bridgehead atoms. The molecule has 0 fully saturated rings. The zero-order valence-electron chi connectivity index (χ0n) is 28.7. The lowest BCUT2D eigenvalue weighted by atomic mass is 9.86. The molecule has 0 spiro atoms. The number of benzene rings is 6. The van der Waals surface area contributed by atoms with Crippen LogP contribution in [-0.4, -0.2) is 20.1 Å². The summed E-state index contributed by atoms with van der Waals surface area (Å²) in [7, 11) is 0. The number of pyridine rings is 3. The van der Waals surface area contributed by atoms with E-state index < -0.39 is 0 Å². The lowest BCUT2D eigenvalue weighted by Crippen LogP contribution is -2.13. The summed E-state index contributed by atoms with van der Waals surface area (Å²) in [6.07, 6.45) is 0. The Kier molecular flexibility index (Phi) is 7.15. The summed E-state index contributed by atoms with van der Waals surface area (Å²) in [5, 5.41) is 17.3. The van der Waals surface area contributed by atoms with Crippen molar-refractivity contribution >= 4 is 43.4 Å². The van der Waals surface area contributed by atoms with Crippen LogP contribution in [0.25, 0.3) is 88.2 Å². The summed E-state index contributed by atoms with van der Waals surface area (Å²) < 4.78 is 0. The largest absolute Gasteiger partial charge is 0.507 e. The first-order valence-corrected chi connectivity index (χ1v) is 17.3. The third kappa shape index (κ3) is 5.28. The molecule has 1 N–H and O–H groups in total. The van der Waals surface area contributed by atoms with Crippen molar-refractivity contribution in [2.45, 2.75) is 26.2 Å². The maximum Gasteiger partial charge on any atom is 0.124 e. The molecular formula is C47H35N3O. The summed E-state index contributed by atoms with van der Waals surface area (Å²) in [6.45, 7) is 6.63. The number of phenols is 1. The number of hydrogen-bond donors (Lipinski definition) is 1. The Morgan fingerprint density at radius 2 is 0.922 bits per heavy atom. The molecular weight excluding hydrogens is 623 g/mol. The zero-order valence-corrected chi connectivity index (χ0v) is 28.7. The van der Waals surface area contributed by atoms with Gasteiger partial charge in [-0.3, -0.25) is 4.98 Å². The molecule has 0 aliphatic rings. The average molecular weight is 658 g/mol. The van der Waals surface area contributed by atoms with Crippen LogP contribution in [0.1, 0.15) is 26.5 Å². The van der Waals surface area contributed by atoms with Crippen LogP contribution in [0.5, 0.6) is 5.75 Å². The summed E-state index contributed by atoms with van der Waals surface area (Å²) in [5.41, 5.74) is 10.5. The molecule has 3 aromatic heterocycles. The Morgan fingerprint density at radius 1 is 0.412 bits per heavy atom. The van der Waals surface area contributed by atoms with Crippen LogP contribution in [-0.2, 0) is 5.41 Å². The SMILES string of the molecule is CC(C)(C)c1cccc(-c2c3ccccc3c(-c3ccc(-c4ccc5ccc6ccc(-c7ccccc7O)nc6c5n4)cc3)c3ccccc23)n1. The Morgan fingerprint density at radius 3 is 1.53 bits per heavy atom. The second kappa shape index (κ2) is 11.9. The number of fused-ring (bicyclic) bond motifs is 5. The van der Waals surface area contributed by atoms with Gasteiger partial charge < -0.3 is 5.11 Å². The topological polar surface area (TPSA) is 58.9 Å². The smallest absolute Gasteiger partial charge is 0.124 e. The molecule has 4 nitrogen and oxygen atoms in total. The van der Waals surface area contributed by atoms with Crippen molar-refractivity contribution < 1.29 is 5.11 Å². The number of phenolic OH excluding ortho intramolecular Hbond substituents is 1. The maximum absolute atomic E-state index is 10.5. The lowest BCUT2D eigenvalue weighted by molar-refractivity contribution is 0.477. The Labute approximate surface area is 296 Å². The Balaban J connectivity index is 1.17. The van der Waals surface area contributed by atoms with Crippen molar-refractivity contribution in [1.82, 2.24) is 15.0 Å². The van der Waals surface area contributed by atoms with E-state index in [2.05, 4.69) is 136 Å². The second-order valence-electron chi connectivity index (χ2n) is 14.2. The van der Waals surface area contributed by atoms with E-state index in [1.807, 2.05) is 30.3 Å². The van der Waals surface area contributed by atoms with Gasteiger partial charge in [0.05, 0.1) is 28.1 Å². The lowest BCUT2D eigenvalue weighted by Gasteiger charge is -2.20. The van der Waals surface area contributed by atoms with Crippen LogP contribution >= 0.6 is 0 Å². The van der Waals surface area contributed by atoms with Gasteiger partial charge in [0.2, 0.25) is 0 Å². The highest BCUT2D eigenvalue weighted by molar-refractivity contribution is 6.21. The van der Waals surface area contributed by atoms with Gasteiger partial charge in [-0.15, -0.1) is 0 Å². The fourth-order valence-corrected chi connectivity index (χ4v) is 7.28. The van der Waals surface area contributed by atoms with Gasteiger partial charge in [0.25, 0.3) is 0 Å². The number of aromatic nitrogens is 3. The second-order valence-corrected chi connectivity index (χ2v) is 14.2. The van der Waals surface area contributed by atoms with Crippen molar-refractivity contribution in [2.24, 2.45) is 0 Å². The van der Waals surface area contributed by atoms with Crippen molar-refractivity contribution in [3.8, 4) is 50.6 Å². The molecule has 0 unspecified atom stereocenters. The van der Waals surface area contributed by atoms with Gasteiger partial charge >= 0.3 is 0 Å². The van der Waals surface area contributed by atoms with Gasteiger partial charge in [-0.1, -0.05) is 136 Å². The van der Waals surface area contributed by atoms with Crippen LogP contribution in [0.3, 0.4) is 0 Å². The van der Waals surface area contributed by atoms with E-state index in [1.54, 1.807) is 6.07 Å². The number of aromatic hydroxyl groups is 1.